The van der Waals surface area contributed by atoms with Crippen LogP contribution in [0, 0.1) is 11.6 Å². The second-order valence-corrected chi connectivity index (χ2v) is 6.22. The van der Waals surface area contributed by atoms with Crippen molar-refractivity contribution in [2.45, 2.75) is 12.5 Å². The van der Waals surface area contributed by atoms with Gasteiger partial charge in [-0.05, 0) is 30.2 Å². The molecule has 2 aromatic rings. The maximum atomic E-state index is 13.2. The fraction of sp³-hybridized carbons (Fsp3) is 0.278. The number of carbonyl (C=O) groups excluding carboxylic acids is 1. The maximum Gasteiger partial charge on any atom is 0.321 e. The van der Waals surface area contributed by atoms with E-state index in [2.05, 4.69) is 22.3 Å². The number of halogens is 2. The zero-order valence-corrected chi connectivity index (χ0v) is 13.0. The first-order chi connectivity index (χ1) is 11.6. The maximum absolute atomic E-state index is 13.2. The minimum atomic E-state index is -0.708. The minimum Gasteiger partial charge on any atom is -0.364 e. The van der Waals surface area contributed by atoms with Crippen molar-refractivity contribution in [1.82, 2.24) is 4.90 Å². The summed E-state index contributed by atoms with van der Waals surface area (Å²) in [5.41, 5.74) is 2.72. The first-order valence-electron chi connectivity index (χ1n) is 7.97. The Kier molecular flexibility index (Phi) is 3.59. The average Bonchev–Trinajstić information content (AvgIpc) is 2.89. The molecule has 124 valence electrons. The summed E-state index contributed by atoms with van der Waals surface area (Å²) < 4.78 is 26.3. The molecule has 6 heteroatoms. The second-order valence-electron chi connectivity index (χ2n) is 6.22. The molecule has 2 heterocycles. The molecule has 0 aliphatic carbocycles. The van der Waals surface area contributed by atoms with Gasteiger partial charge < -0.3 is 15.1 Å². The lowest BCUT2D eigenvalue weighted by Gasteiger charge is -2.45. The van der Waals surface area contributed by atoms with E-state index in [4.69, 9.17) is 0 Å². The minimum absolute atomic E-state index is 0.132. The number of anilines is 2. The zero-order chi connectivity index (χ0) is 16.7. The molecule has 0 bridgehead atoms. The van der Waals surface area contributed by atoms with Crippen LogP contribution in [0.3, 0.4) is 0 Å². The number of para-hydroxylation sites is 1. The Morgan fingerprint density at radius 1 is 1.08 bits per heavy atom. The van der Waals surface area contributed by atoms with Crippen LogP contribution in [0.25, 0.3) is 0 Å². The molecule has 1 N–H and O–H groups in total. The van der Waals surface area contributed by atoms with Gasteiger partial charge in [-0.1, -0.05) is 18.2 Å². The van der Waals surface area contributed by atoms with Crippen LogP contribution in [0.1, 0.15) is 5.56 Å². The van der Waals surface area contributed by atoms with Crippen LogP contribution in [0.15, 0.2) is 42.5 Å². The van der Waals surface area contributed by atoms with E-state index in [-0.39, 0.29) is 11.7 Å². The number of nitrogens with zero attached hydrogens (tertiary/aromatic N) is 2. The molecule has 2 aliphatic rings. The van der Waals surface area contributed by atoms with Gasteiger partial charge in [0.25, 0.3) is 0 Å². The molecule has 1 fully saturated rings. The van der Waals surface area contributed by atoms with E-state index in [9.17, 15) is 13.6 Å². The van der Waals surface area contributed by atoms with Crippen molar-refractivity contribution in [1.29, 1.82) is 0 Å². The quantitative estimate of drug-likeness (QED) is 0.918. The average molecular weight is 329 g/mol. The topological polar surface area (TPSA) is 35.6 Å². The van der Waals surface area contributed by atoms with Gasteiger partial charge in [-0.2, -0.15) is 0 Å². The highest BCUT2D eigenvalue weighted by atomic mass is 19.1. The molecule has 2 amide bonds. The van der Waals surface area contributed by atoms with E-state index in [1.807, 2.05) is 12.1 Å². The molecule has 0 atom stereocenters. The Morgan fingerprint density at radius 3 is 2.54 bits per heavy atom. The van der Waals surface area contributed by atoms with Crippen molar-refractivity contribution in [3.63, 3.8) is 0 Å². The second kappa shape index (κ2) is 5.78. The fourth-order valence-electron chi connectivity index (χ4n) is 3.39. The molecule has 4 rings (SSSR count). The number of benzene rings is 2. The number of hydrogen-bond acceptors (Lipinski definition) is 2. The van der Waals surface area contributed by atoms with E-state index >= 15 is 0 Å². The van der Waals surface area contributed by atoms with Gasteiger partial charge in [-0.25, -0.2) is 13.6 Å². The lowest BCUT2D eigenvalue weighted by Crippen LogP contribution is -2.61. The van der Waals surface area contributed by atoms with Gasteiger partial charge in [-0.15, -0.1) is 0 Å². The third kappa shape index (κ3) is 2.68. The summed E-state index contributed by atoms with van der Waals surface area (Å²) in [6.07, 6.45) is 1.03. The largest absolute Gasteiger partial charge is 0.364 e. The Morgan fingerprint density at radius 2 is 1.79 bits per heavy atom. The number of nitrogens with one attached hydrogen (secondary N) is 1. The van der Waals surface area contributed by atoms with Crippen LogP contribution in [-0.2, 0) is 6.42 Å². The van der Waals surface area contributed by atoms with Crippen molar-refractivity contribution in [3.05, 3.63) is 59.7 Å². The van der Waals surface area contributed by atoms with Gasteiger partial charge in [-0.3, -0.25) is 0 Å². The summed E-state index contributed by atoms with van der Waals surface area (Å²) in [6.45, 7) is 2.19. The Balaban J connectivity index is 1.37. The first kappa shape index (κ1) is 14.9. The van der Waals surface area contributed by atoms with Crippen molar-refractivity contribution in [2.24, 2.45) is 0 Å². The van der Waals surface area contributed by atoms with E-state index in [0.29, 0.717) is 19.1 Å². The van der Waals surface area contributed by atoms with Gasteiger partial charge in [0, 0.05) is 37.1 Å². The van der Waals surface area contributed by atoms with Crippen molar-refractivity contribution < 1.29 is 13.6 Å². The van der Waals surface area contributed by atoms with E-state index in [0.717, 1.165) is 31.2 Å². The SMILES string of the molecule is O=C(Nc1cc(F)cc(F)c1)N1CC(N2CCc3ccccc32)C1. The molecule has 0 unspecified atom stereocenters. The Hall–Kier alpha value is -2.63. The zero-order valence-electron chi connectivity index (χ0n) is 13.0. The van der Waals surface area contributed by atoms with E-state index < -0.39 is 11.6 Å². The number of rotatable bonds is 2. The van der Waals surface area contributed by atoms with Gasteiger partial charge in [0.05, 0.1) is 6.04 Å². The van der Waals surface area contributed by atoms with E-state index in [1.54, 1.807) is 4.90 Å². The van der Waals surface area contributed by atoms with Crippen LogP contribution < -0.4 is 10.2 Å². The summed E-state index contributed by atoms with van der Waals surface area (Å²) in [5.74, 6) is -1.42. The fourth-order valence-corrected chi connectivity index (χ4v) is 3.39. The normalized spacial score (nSPS) is 16.8. The highest BCUT2D eigenvalue weighted by Crippen LogP contribution is 2.32. The molecule has 4 nitrogen and oxygen atoms in total. The van der Waals surface area contributed by atoms with Crippen molar-refractivity contribution >= 4 is 17.4 Å². The molecule has 2 aromatic carbocycles. The summed E-state index contributed by atoms with van der Waals surface area (Å²) in [5, 5.41) is 2.54. The monoisotopic (exact) mass is 329 g/mol. The third-order valence-electron chi connectivity index (χ3n) is 4.63. The summed E-state index contributed by atoms with van der Waals surface area (Å²) in [4.78, 5) is 16.2. The van der Waals surface area contributed by atoms with E-state index in [1.165, 1.54) is 11.3 Å². The van der Waals surface area contributed by atoms with Gasteiger partial charge in [0.2, 0.25) is 0 Å². The number of amides is 2. The smallest absolute Gasteiger partial charge is 0.321 e. The molecule has 1 saturated heterocycles. The molecule has 0 aromatic heterocycles. The third-order valence-corrected chi connectivity index (χ3v) is 4.63. The van der Waals surface area contributed by atoms with Crippen LogP contribution in [0.5, 0.6) is 0 Å². The lowest BCUT2D eigenvalue weighted by molar-refractivity contribution is 0.162. The first-order valence-corrected chi connectivity index (χ1v) is 7.97. The Bertz CT molecular complexity index is 769. The molecular formula is C18H17F2N3O. The predicted octanol–water partition coefficient (Wildman–Crippen LogP) is 3.24. The van der Waals surface area contributed by atoms with Crippen LogP contribution in [0.2, 0.25) is 0 Å². The highest BCUT2D eigenvalue weighted by molar-refractivity contribution is 5.90. The Labute approximate surface area is 138 Å². The highest BCUT2D eigenvalue weighted by Gasteiger charge is 2.37. The van der Waals surface area contributed by atoms with Gasteiger partial charge in [0.1, 0.15) is 11.6 Å². The van der Waals surface area contributed by atoms with Crippen LogP contribution >= 0.6 is 0 Å². The number of urea groups is 1. The van der Waals surface area contributed by atoms with Gasteiger partial charge >= 0.3 is 6.03 Å². The predicted molar refractivity (Wildman–Crippen MR) is 88.2 cm³/mol. The number of likely N-dealkylation sites (tertiary alicyclic amines) is 1. The number of hydrogen-bond donors (Lipinski definition) is 1. The molecule has 24 heavy (non-hydrogen) atoms. The number of carbonyl (C=O) groups is 1. The molecule has 0 radical (unpaired) electrons. The van der Waals surface area contributed by atoms with Crippen LogP contribution in [-0.4, -0.2) is 36.6 Å². The van der Waals surface area contributed by atoms with Crippen molar-refractivity contribution in [3.8, 4) is 0 Å². The summed E-state index contributed by atoms with van der Waals surface area (Å²) in [7, 11) is 0. The molecular weight excluding hydrogens is 312 g/mol. The molecule has 2 aliphatic heterocycles. The molecule has 0 saturated carbocycles. The standard InChI is InChI=1S/C18H17F2N3O/c19-13-7-14(20)9-15(8-13)21-18(24)22-10-16(11-22)23-6-5-12-3-1-2-4-17(12)23/h1-4,7-9,16H,5-6,10-11H2,(H,21,24). The lowest BCUT2D eigenvalue weighted by atomic mass is 10.1. The summed E-state index contributed by atoms with van der Waals surface area (Å²) in [6, 6.07) is 11.3. The van der Waals surface area contributed by atoms with Crippen LogP contribution in [0.4, 0.5) is 25.0 Å². The number of fused-ring (bicyclic) bond motifs is 1. The van der Waals surface area contributed by atoms with Gasteiger partial charge in [0.15, 0.2) is 0 Å². The summed E-state index contributed by atoms with van der Waals surface area (Å²) >= 11 is 0. The molecule has 0 spiro atoms. The van der Waals surface area contributed by atoms with Crippen molar-refractivity contribution in [2.75, 3.05) is 29.9 Å².